The van der Waals surface area contributed by atoms with E-state index in [2.05, 4.69) is 48.5 Å². The summed E-state index contributed by atoms with van der Waals surface area (Å²) >= 11 is 0. The molecule has 4 saturated carbocycles. The van der Waals surface area contributed by atoms with Crippen LogP contribution in [0.25, 0.3) is 0 Å². The minimum absolute atomic E-state index is 0.0637. The quantitative estimate of drug-likeness (QED) is 0.432. The third kappa shape index (κ3) is 3.30. The molecule has 0 N–H and O–H groups in total. The van der Waals surface area contributed by atoms with E-state index in [1.165, 1.54) is 44.9 Å². The van der Waals surface area contributed by atoms with Crippen molar-refractivity contribution < 1.29 is 14.3 Å². The molecule has 0 aromatic carbocycles. The molecule has 1 aliphatic heterocycles. The number of fused-ring (bicyclic) bond motifs is 5. The molecule has 1 saturated heterocycles. The Labute approximate surface area is 203 Å². The number of methoxy groups -OCH3 is 1. The Morgan fingerprint density at radius 2 is 1.33 bits per heavy atom. The van der Waals surface area contributed by atoms with Crippen molar-refractivity contribution in [1.29, 1.82) is 0 Å². The molecule has 4 aliphatic carbocycles. The molecular weight excluding hydrogens is 408 g/mol. The fourth-order valence-electron chi connectivity index (χ4n) is 10.5. The van der Waals surface area contributed by atoms with Gasteiger partial charge in [-0.25, -0.2) is 0 Å². The summed E-state index contributed by atoms with van der Waals surface area (Å²) in [6, 6.07) is 0. The van der Waals surface area contributed by atoms with Gasteiger partial charge < -0.3 is 9.47 Å². The average molecular weight is 459 g/mol. The Kier molecular flexibility index (Phi) is 5.55. The molecule has 33 heavy (non-hydrogen) atoms. The predicted molar refractivity (Wildman–Crippen MR) is 133 cm³/mol. The van der Waals surface area contributed by atoms with Crippen molar-refractivity contribution in [2.75, 3.05) is 7.11 Å². The molecule has 1 heterocycles. The van der Waals surface area contributed by atoms with E-state index in [9.17, 15) is 4.79 Å². The Balaban J connectivity index is 1.41. The molecule has 5 rings (SSSR count). The normalized spacial score (nSPS) is 53.2. The number of ketones is 1. The van der Waals surface area contributed by atoms with Crippen LogP contribution < -0.4 is 0 Å². The second-order valence-corrected chi connectivity index (χ2v) is 14.8. The van der Waals surface area contributed by atoms with E-state index in [1.807, 2.05) is 7.11 Å². The maximum atomic E-state index is 12.8. The van der Waals surface area contributed by atoms with Crippen LogP contribution in [0.3, 0.4) is 0 Å². The van der Waals surface area contributed by atoms with Crippen LogP contribution in [0.1, 0.15) is 113 Å². The molecule has 0 aromatic rings. The van der Waals surface area contributed by atoms with Gasteiger partial charge in [0, 0.05) is 24.4 Å². The molecule has 0 spiro atoms. The molecule has 9 atom stereocenters. The molecule has 5 aliphatic rings. The Hall–Kier alpha value is -0.410. The first kappa shape index (κ1) is 24.3. The van der Waals surface area contributed by atoms with Gasteiger partial charge in [0.1, 0.15) is 5.78 Å². The molecule has 5 fully saturated rings. The topological polar surface area (TPSA) is 35.5 Å². The van der Waals surface area contributed by atoms with Gasteiger partial charge in [-0.05, 0) is 105 Å². The van der Waals surface area contributed by atoms with Gasteiger partial charge >= 0.3 is 0 Å². The predicted octanol–water partition coefficient (Wildman–Crippen LogP) is 7.42. The van der Waals surface area contributed by atoms with Crippen LogP contribution in [0.2, 0.25) is 0 Å². The summed E-state index contributed by atoms with van der Waals surface area (Å²) in [6.45, 7) is 16.7. The van der Waals surface area contributed by atoms with Crippen LogP contribution in [0.4, 0.5) is 0 Å². The third-order valence-corrected chi connectivity index (χ3v) is 12.6. The minimum Gasteiger partial charge on any atom is -0.355 e. The van der Waals surface area contributed by atoms with Crippen molar-refractivity contribution in [3.8, 4) is 0 Å². The first-order chi connectivity index (χ1) is 15.3. The van der Waals surface area contributed by atoms with Crippen molar-refractivity contribution in [3.05, 3.63) is 0 Å². The smallest absolute Gasteiger partial charge is 0.162 e. The Bertz CT molecular complexity index is 800. The standard InChI is InChI=1S/C30H50O3/c1-26(2)17-18-30(7,33-25(26)32-8)22-13-15-28(5)19-11-12-23-27(3,4)24(31)14-16-29(23,6)20(19)9-10-21(22)28/h19-23,25H,9-18H2,1-8H3/t19-,20+,21+,22+,23-,25-,28-,29-,30+/m1/s1. The zero-order chi connectivity index (χ0) is 24.0. The van der Waals surface area contributed by atoms with Gasteiger partial charge in [-0.1, -0.05) is 41.5 Å². The largest absolute Gasteiger partial charge is 0.355 e. The first-order valence-electron chi connectivity index (χ1n) is 14.0. The second-order valence-electron chi connectivity index (χ2n) is 14.8. The average Bonchev–Trinajstić information content (AvgIpc) is 3.11. The van der Waals surface area contributed by atoms with Crippen LogP contribution in [-0.2, 0) is 14.3 Å². The van der Waals surface area contributed by atoms with Crippen molar-refractivity contribution in [2.45, 2.75) is 125 Å². The number of carbonyl (C=O) groups is 1. The van der Waals surface area contributed by atoms with Crippen LogP contribution in [-0.4, -0.2) is 24.8 Å². The highest BCUT2D eigenvalue weighted by molar-refractivity contribution is 5.85. The lowest BCUT2D eigenvalue weighted by Gasteiger charge is -2.64. The number of hydrogen-bond acceptors (Lipinski definition) is 3. The van der Waals surface area contributed by atoms with Gasteiger partial charge in [0.05, 0.1) is 5.60 Å². The lowest BCUT2D eigenvalue weighted by atomic mass is 9.40. The van der Waals surface area contributed by atoms with Gasteiger partial charge in [-0.3, -0.25) is 4.79 Å². The van der Waals surface area contributed by atoms with Crippen molar-refractivity contribution >= 4 is 5.78 Å². The summed E-state index contributed by atoms with van der Waals surface area (Å²) in [5, 5.41) is 0. The fraction of sp³-hybridized carbons (Fsp3) is 0.967. The molecular formula is C30H50O3. The van der Waals surface area contributed by atoms with E-state index < -0.39 is 0 Å². The number of rotatable bonds is 2. The summed E-state index contributed by atoms with van der Waals surface area (Å²) in [5.74, 6) is 4.09. The van der Waals surface area contributed by atoms with E-state index in [1.54, 1.807) is 0 Å². The molecule has 0 amide bonds. The molecule has 3 nitrogen and oxygen atoms in total. The maximum absolute atomic E-state index is 12.8. The number of hydrogen-bond donors (Lipinski definition) is 0. The van der Waals surface area contributed by atoms with E-state index >= 15 is 0 Å². The number of ether oxygens (including phenoxy) is 2. The van der Waals surface area contributed by atoms with E-state index in [-0.39, 0.29) is 22.7 Å². The second kappa shape index (κ2) is 7.55. The van der Waals surface area contributed by atoms with E-state index in [0.717, 1.165) is 37.0 Å². The van der Waals surface area contributed by atoms with Crippen molar-refractivity contribution in [2.24, 2.45) is 51.2 Å². The van der Waals surface area contributed by atoms with Crippen molar-refractivity contribution in [3.63, 3.8) is 0 Å². The van der Waals surface area contributed by atoms with Gasteiger partial charge in [-0.15, -0.1) is 0 Å². The molecule has 188 valence electrons. The molecule has 0 radical (unpaired) electrons. The van der Waals surface area contributed by atoms with E-state index in [4.69, 9.17) is 9.47 Å². The Morgan fingerprint density at radius 1 is 0.727 bits per heavy atom. The van der Waals surface area contributed by atoms with Crippen molar-refractivity contribution in [1.82, 2.24) is 0 Å². The summed E-state index contributed by atoms with van der Waals surface area (Å²) in [7, 11) is 1.82. The van der Waals surface area contributed by atoms with Gasteiger partial charge in [0.2, 0.25) is 0 Å². The zero-order valence-corrected chi connectivity index (χ0v) is 22.8. The number of Topliss-reactive ketones (excluding diaryl/α,β-unsaturated/α-hetero) is 1. The first-order valence-corrected chi connectivity index (χ1v) is 14.0. The lowest BCUT2D eigenvalue weighted by Crippen LogP contribution is -2.60. The number of carbonyl (C=O) groups excluding carboxylic acids is 1. The van der Waals surface area contributed by atoms with Gasteiger partial charge in [-0.2, -0.15) is 0 Å². The minimum atomic E-state index is -0.140. The lowest BCUT2D eigenvalue weighted by molar-refractivity contribution is -0.289. The fourth-order valence-corrected chi connectivity index (χ4v) is 10.5. The maximum Gasteiger partial charge on any atom is 0.162 e. The molecule has 0 unspecified atom stereocenters. The van der Waals surface area contributed by atoms with Crippen LogP contribution in [0.5, 0.6) is 0 Å². The zero-order valence-electron chi connectivity index (χ0n) is 22.8. The SMILES string of the molecule is CO[C@@H]1O[C@](C)([C@H]2CC[C@]3(C)[C@@H]4CC[C@@H]5C(C)(C)C(=O)CC[C@]5(C)[C@H]4CC[C@@H]23)CCC1(C)C. The van der Waals surface area contributed by atoms with Crippen LogP contribution >= 0.6 is 0 Å². The Morgan fingerprint density at radius 3 is 2.00 bits per heavy atom. The molecule has 0 bridgehead atoms. The summed E-state index contributed by atoms with van der Waals surface area (Å²) in [4.78, 5) is 12.8. The van der Waals surface area contributed by atoms with Gasteiger partial charge in [0.25, 0.3) is 0 Å². The molecule has 3 heteroatoms. The van der Waals surface area contributed by atoms with Gasteiger partial charge in [0.15, 0.2) is 6.29 Å². The summed E-state index contributed by atoms with van der Waals surface area (Å²) in [5.41, 5.74) is 0.648. The third-order valence-electron chi connectivity index (χ3n) is 12.6. The summed E-state index contributed by atoms with van der Waals surface area (Å²) in [6.07, 6.45) is 12.1. The summed E-state index contributed by atoms with van der Waals surface area (Å²) < 4.78 is 12.7. The molecule has 0 aromatic heterocycles. The van der Waals surface area contributed by atoms with Crippen LogP contribution in [0.15, 0.2) is 0 Å². The monoisotopic (exact) mass is 458 g/mol. The highest BCUT2D eigenvalue weighted by atomic mass is 16.7. The highest BCUT2D eigenvalue weighted by Gasteiger charge is 2.65. The highest BCUT2D eigenvalue weighted by Crippen LogP contribution is 2.71. The van der Waals surface area contributed by atoms with Crippen LogP contribution in [0, 0.1) is 51.2 Å². The van der Waals surface area contributed by atoms with E-state index in [0.29, 0.717) is 28.4 Å².